The molecule has 2 aliphatic rings. The first-order valence-corrected chi connectivity index (χ1v) is 13.8. The van der Waals surface area contributed by atoms with Crippen molar-refractivity contribution in [3.8, 4) is 17.2 Å². The summed E-state index contributed by atoms with van der Waals surface area (Å²) < 4.78 is 69.3. The molecule has 0 saturated carbocycles. The minimum atomic E-state index is -4.73. The summed E-state index contributed by atoms with van der Waals surface area (Å²) >= 11 is 0. The molecule has 0 radical (unpaired) electrons. The van der Waals surface area contributed by atoms with E-state index in [4.69, 9.17) is 5.11 Å². The Hall–Kier alpha value is -4.15. The van der Waals surface area contributed by atoms with Gasteiger partial charge in [-0.2, -0.15) is 18.4 Å². The molecule has 3 heterocycles. The van der Waals surface area contributed by atoms with E-state index in [1.165, 1.54) is 0 Å². The molecule has 1 atom stereocenters. The van der Waals surface area contributed by atoms with Crippen LogP contribution in [0.25, 0.3) is 11.1 Å². The minimum Gasteiger partial charge on any atom is -0.481 e. The van der Waals surface area contributed by atoms with Crippen molar-refractivity contribution < 1.29 is 31.5 Å². The zero-order valence-electron chi connectivity index (χ0n) is 21.0. The Bertz CT molecular complexity index is 1610. The fourth-order valence-electron chi connectivity index (χ4n) is 5.07. The largest absolute Gasteiger partial charge is 0.481 e. The number of carboxylic acids is 1. The molecule has 1 aromatic heterocycles. The number of carbonyl (C=O) groups is 1. The zero-order chi connectivity index (χ0) is 28.7. The lowest BCUT2D eigenvalue weighted by Crippen LogP contribution is -2.61. The molecule has 2 aliphatic heterocycles. The highest BCUT2D eigenvalue weighted by molar-refractivity contribution is 7.92. The number of aliphatic carboxylic acids is 1. The molecule has 0 unspecified atom stereocenters. The average Bonchev–Trinajstić information content (AvgIpc) is 2.94. The van der Waals surface area contributed by atoms with E-state index in [0.717, 1.165) is 22.5 Å². The van der Waals surface area contributed by atoms with E-state index >= 15 is 0 Å². The van der Waals surface area contributed by atoms with Crippen LogP contribution in [-0.4, -0.2) is 68.1 Å². The molecule has 5 rings (SSSR count). The summed E-state index contributed by atoms with van der Waals surface area (Å²) in [6.45, 7) is 1.57. The van der Waals surface area contributed by atoms with E-state index in [1.54, 1.807) is 36.5 Å². The number of nitrogens with zero attached hydrogens (tertiary/aromatic N) is 5. The number of halogens is 3. The first-order valence-electron chi connectivity index (χ1n) is 12.4. The fraction of sp³-hybridized carbons (Fsp3) is 0.296. The van der Waals surface area contributed by atoms with Crippen LogP contribution in [0.2, 0.25) is 0 Å². The van der Waals surface area contributed by atoms with Gasteiger partial charge in [0, 0.05) is 37.9 Å². The molecule has 208 valence electrons. The summed E-state index contributed by atoms with van der Waals surface area (Å²) in [4.78, 5) is 19.1. The molecule has 0 aliphatic carbocycles. The Kier molecular flexibility index (Phi) is 7.16. The number of sulfonamides is 1. The summed E-state index contributed by atoms with van der Waals surface area (Å²) in [7, 11) is -4.46. The van der Waals surface area contributed by atoms with Crippen LogP contribution in [0.1, 0.15) is 17.5 Å². The van der Waals surface area contributed by atoms with Gasteiger partial charge in [-0.05, 0) is 42.0 Å². The molecule has 1 fully saturated rings. The number of nitriles is 1. The maximum absolute atomic E-state index is 13.9. The van der Waals surface area contributed by atoms with Crippen molar-refractivity contribution in [2.45, 2.75) is 23.5 Å². The van der Waals surface area contributed by atoms with Crippen molar-refractivity contribution in [1.29, 1.82) is 5.26 Å². The quantitative estimate of drug-likeness (QED) is 0.475. The van der Waals surface area contributed by atoms with Gasteiger partial charge in [0.25, 0.3) is 10.0 Å². The van der Waals surface area contributed by atoms with Crippen molar-refractivity contribution in [3.05, 3.63) is 71.9 Å². The average molecular weight is 572 g/mol. The highest BCUT2D eigenvalue weighted by Gasteiger charge is 2.41. The smallest absolute Gasteiger partial charge is 0.416 e. The number of benzene rings is 2. The van der Waals surface area contributed by atoms with E-state index in [1.807, 2.05) is 9.80 Å². The molecule has 0 spiro atoms. The number of anilines is 2. The molecule has 40 heavy (non-hydrogen) atoms. The Morgan fingerprint density at radius 1 is 1.07 bits per heavy atom. The number of carboxylic acid groups (broad SMARTS) is 1. The molecule has 0 bridgehead atoms. The van der Waals surface area contributed by atoms with Crippen molar-refractivity contribution in [2.24, 2.45) is 0 Å². The standard InChI is InChI=1S/C27H24F3N5O4S/c28-27(29,30)21-5-2-6-23(13-21)40(38,39)35-17-22-16-33(8-7-25(36)37)9-10-34(22)26-24(35)12-20(15-32-26)19-4-1-3-18(11-19)14-31/h1-6,11-13,15,22H,7-10,16-17H2,(H,36,37)/t22-/m0/s1. The molecular formula is C27H24F3N5O4S. The van der Waals surface area contributed by atoms with Gasteiger partial charge in [0.05, 0.1) is 46.8 Å². The van der Waals surface area contributed by atoms with Gasteiger partial charge in [-0.15, -0.1) is 0 Å². The Labute approximate surface area is 228 Å². The van der Waals surface area contributed by atoms with Gasteiger partial charge in [-0.1, -0.05) is 18.2 Å². The highest BCUT2D eigenvalue weighted by atomic mass is 32.2. The van der Waals surface area contributed by atoms with Crippen molar-refractivity contribution in [3.63, 3.8) is 0 Å². The Balaban J connectivity index is 1.59. The number of alkyl halides is 3. The van der Waals surface area contributed by atoms with Gasteiger partial charge in [-0.3, -0.25) is 14.0 Å². The van der Waals surface area contributed by atoms with Gasteiger partial charge in [0.1, 0.15) is 0 Å². The molecule has 13 heteroatoms. The molecule has 0 amide bonds. The normalized spacial score (nSPS) is 17.6. The SMILES string of the molecule is N#Cc1cccc(-c2cnc3c(c2)N(S(=O)(=O)c2cccc(C(F)(F)F)c2)C[C@@H]2CN(CCC(=O)O)CCN32)c1. The summed E-state index contributed by atoms with van der Waals surface area (Å²) in [5.41, 5.74) is 0.712. The second-order valence-corrected chi connectivity index (χ2v) is 11.5. The van der Waals surface area contributed by atoms with E-state index in [-0.39, 0.29) is 25.2 Å². The number of hydrogen-bond acceptors (Lipinski definition) is 7. The second kappa shape index (κ2) is 10.4. The number of pyridine rings is 1. The lowest BCUT2D eigenvalue weighted by Gasteiger charge is -2.48. The van der Waals surface area contributed by atoms with E-state index < -0.39 is 38.7 Å². The fourth-order valence-corrected chi connectivity index (χ4v) is 6.61. The van der Waals surface area contributed by atoms with E-state index in [9.17, 15) is 31.6 Å². The third kappa shape index (κ3) is 5.32. The maximum Gasteiger partial charge on any atom is 0.416 e. The van der Waals surface area contributed by atoms with E-state index in [0.29, 0.717) is 48.2 Å². The van der Waals surface area contributed by atoms with Gasteiger partial charge in [0.2, 0.25) is 0 Å². The van der Waals surface area contributed by atoms with Crippen LogP contribution in [0.4, 0.5) is 24.7 Å². The molecule has 2 aromatic carbocycles. The van der Waals surface area contributed by atoms with E-state index in [2.05, 4.69) is 11.1 Å². The third-order valence-electron chi connectivity index (χ3n) is 7.05. The summed E-state index contributed by atoms with van der Waals surface area (Å²) in [5.74, 6) is -0.579. The Morgan fingerprint density at radius 2 is 1.85 bits per heavy atom. The molecular weight excluding hydrogens is 547 g/mol. The number of rotatable bonds is 6. The van der Waals surface area contributed by atoms with Gasteiger partial charge in [-0.25, -0.2) is 13.4 Å². The number of aromatic nitrogens is 1. The molecule has 1 N–H and O–H groups in total. The van der Waals surface area contributed by atoms with Crippen molar-refractivity contribution in [2.75, 3.05) is 41.9 Å². The molecule has 9 nitrogen and oxygen atoms in total. The summed E-state index contributed by atoms with van der Waals surface area (Å²) in [5, 5.41) is 18.4. The summed E-state index contributed by atoms with van der Waals surface area (Å²) in [6, 6.07) is 13.6. The topological polar surface area (TPSA) is 118 Å². The monoisotopic (exact) mass is 571 g/mol. The van der Waals surface area contributed by atoms with Gasteiger partial charge in [0.15, 0.2) is 5.82 Å². The Morgan fingerprint density at radius 3 is 2.58 bits per heavy atom. The second-order valence-electron chi connectivity index (χ2n) is 9.61. The molecule has 1 saturated heterocycles. The lowest BCUT2D eigenvalue weighted by molar-refractivity contribution is -0.138. The van der Waals surface area contributed by atoms with Crippen LogP contribution in [0.3, 0.4) is 0 Å². The predicted molar refractivity (Wildman–Crippen MR) is 140 cm³/mol. The van der Waals surface area contributed by atoms with Crippen LogP contribution in [-0.2, 0) is 21.0 Å². The maximum atomic E-state index is 13.9. The predicted octanol–water partition coefficient (Wildman–Crippen LogP) is 3.81. The van der Waals surface area contributed by atoms with Crippen LogP contribution >= 0.6 is 0 Å². The first-order chi connectivity index (χ1) is 19.0. The number of piperazine rings is 1. The summed E-state index contributed by atoms with van der Waals surface area (Å²) in [6.07, 6.45) is -3.22. The van der Waals surface area contributed by atoms with Crippen LogP contribution in [0, 0.1) is 11.3 Å². The first kappa shape index (κ1) is 27.4. The minimum absolute atomic E-state index is 0.0705. The van der Waals surface area contributed by atoms with Crippen molar-refractivity contribution >= 4 is 27.5 Å². The van der Waals surface area contributed by atoms with Crippen LogP contribution < -0.4 is 9.21 Å². The van der Waals surface area contributed by atoms with Crippen molar-refractivity contribution in [1.82, 2.24) is 9.88 Å². The molecule has 3 aromatic rings. The lowest BCUT2D eigenvalue weighted by atomic mass is 10.0. The van der Waals surface area contributed by atoms with Crippen LogP contribution in [0.15, 0.2) is 65.7 Å². The number of hydrogen-bond donors (Lipinski definition) is 1. The number of fused-ring (bicyclic) bond motifs is 3. The third-order valence-corrected chi connectivity index (χ3v) is 8.82. The van der Waals surface area contributed by atoms with Crippen LogP contribution in [0.5, 0.6) is 0 Å². The van der Waals surface area contributed by atoms with Gasteiger partial charge < -0.3 is 10.0 Å². The highest BCUT2D eigenvalue weighted by Crippen LogP contribution is 2.41. The van der Waals surface area contributed by atoms with Gasteiger partial charge >= 0.3 is 12.1 Å². The zero-order valence-corrected chi connectivity index (χ0v) is 21.9.